The molecule has 11 unspecified atom stereocenters. The second-order valence-electron chi connectivity index (χ2n) is 14.8. The van der Waals surface area contributed by atoms with Crippen LogP contribution in [0.5, 0.6) is 0 Å². The highest BCUT2D eigenvalue weighted by Gasteiger charge is 2.47. The van der Waals surface area contributed by atoms with E-state index in [2.05, 4.69) is 6.92 Å². The van der Waals surface area contributed by atoms with Gasteiger partial charge in [0.15, 0.2) is 18.7 Å². The fraction of sp³-hybridized carbons (Fsp3) is 0.949. The molecule has 15 heteroatoms. The summed E-state index contributed by atoms with van der Waals surface area (Å²) in [4.78, 5) is 24.5. The molecule has 15 nitrogen and oxygen atoms in total. The van der Waals surface area contributed by atoms with Gasteiger partial charge in [0.2, 0.25) is 0 Å². The highest BCUT2D eigenvalue weighted by Crippen LogP contribution is 2.26. The minimum atomic E-state index is -1.75. The Morgan fingerprint density at radius 3 is 1.46 bits per heavy atom. The summed E-state index contributed by atoms with van der Waals surface area (Å²) in [6.45, 7) is 1.97. The van der Waals surface area contributed by atoms with Crippen molar-refractivity contribution >= 4 is 11.9 Å². The summed E-state index contributed by atoms with van der Waals surface area (Å²) in [5, 5.41) is 71.1. The highest BCUT2D eigenvalue weighted by atomic mass is 16.7. The van der Waals surface area contributed by atoms with Crippen LogP contribution in [0.2, 0.25) is 0 Å². The molecule has 2 saturated heterocycles. The van der Waals surface area contributed by atoms with E-state index in [1.165, 1.54) is 89.9 Å². The Bertz CT molecular complexity index is 970. The van der Waals surface area contributed by atoms with E-state index in [1.807, 2.05) is 0 Å². The van der Waals surface area contributed by atoms with Crippen LogP contribution in [0.4, 0.5) is 0 Å². The number of hydrogen-bond donors (Lipinski definition) is 7. The lowest BCUT2D eigenvalue weighted by molar-refractivity contribution is -0.332. The third-order valence-electron chi connectivity index (χ3n) is 10.1. The predicted octanol–water partition coefficient (Wildman–Crippen LogP) is 2.92. The largest absolute Gasteiger partial charge is 0.462 e. The molecule has 318 valence electrons. The number of ether oxygens (including phenoxy) is 6. The fourth-order valence-electron chi connectivity index (χ4n) is 6.61. The second-order valence-corrected chi connectivity index (χ2v) is 14.8. The first kappa shape index (κ1) is 48.6. The Morgan fingerprint density at radius 2 is 0.981 bits per heavy atom. The normalized spacial score (nSPS) is 29.2. The van der Waals surface area contributed by atoms with E-state index in [1.54, 1.807) is 6.92 Å². The van der Waals surface area contributed by atoms with Crippen LogP contribution < -0.4 is 0 Å². The number of esters is 2. The van der Waals surface area contributed by atoms with Gasteiger partial charge in [0.1, 0.15) is 55.4 Å². The zero-order chi connectivity index (χ0) is 39.7. The van der Waals surface area contributed by atoms with Gasteiger partial charge in [-0.2, -0.15) is 0 Å². The van der Waals surface area contributed by atoms with Crippen LogP contribution in [-0.4, -0.2) is 142 Å². The Kier molecular flexibility index (Phi) is 26.0. The third kappa shape index (κ3) is 18.6. The van der Waals surface area contributed by atoms with Crippen molar-refractivity contribution in [1.29, 1.82) is 0 Å². The number of hydrogen-bond acceptors (Lipinski definition) is 15. The molecule has 0 aromatic heterocycles. The number of carbonyl (C=O) groups is 2. The van der Waals surface area contributed by atoms with Crippen LogP contribution >= 0.6 is 0 Å². The van der Waals surface area contributed by atoms with E-state index in [0.717, 1.165) is 19.3 Å². The Labute approximate surface area is 321 Å². The number of rotatable bonds is 30. The molecule has 54 heavy (non-hydrogen) atoms. The number of unbranched alkanes of at least 4 members (excludes halogenated alkanes) is 17. The van der Waals surface area contributed by atoms with Crippen LogP contribution in [0, 0.1) is 0 Å². The van der Waals surface area contributed by atoms with E-state index in [-0.39, 0.29) is 26.1 Å². The van der Waals surface area contributed by atoms with Crippen molar-refractivity contribution in [3.63, 3.8) is 0 Å². The maximum atomic E-state index is 12.7. The van der Waals surface area contributed by atoms with Gasteiger partial charge >= 0.3 is 11.9 Å². The van der Waals surface area contributed by atoms with Crippen LogP contribution in [0.1, 0.15) is 142 Å². The molecule has 2 fully saturated rings. The number of carbonyl (C=O) groups excluding carboxylic acids is 2. The van der Waals surface area contributed by atoms with Crippen LogP contribution in [-0.2, 0) is 38.0 Å². The highest BCUT2D eigenvalue weighted by molar-refractivity contribution is 5.70. The lowest BCUT2D eigenvalue weighted by atomic mass is 9.98. The zero-order valence-corrected chi connectivity index (χ0v) is 32.7. The molecule has 0 aromatic carbocycles. The summed E-state index contributed by atoms with van der Waals surface area (Å²) in [6, 6.07) is 0. The lowest BCUT2D eigenvalue weighted by Gasteiger charge is -2.42. The topological polar surface area (TPSA) is 231 Å². The Balaban J connectivity index is 1.68. The molecule has 11 atom stereocenters. The van der Waals surface area contributed by atoms with Crippen LogP contribution in [0.25, 0.3) is 0 Å². The van der Waals surface area contributed by atoms with Gasteiger partial charge in [-0.15, -0.1) is 0 Å². The molecular weight excluding hydrogens is 708 g/mol. The molecule has 0 bridgehead atoms. The average Bonchev–Trinajstić information content (AvgIpc) is 3.17. The Hall–Kier alpha value is -1.50. The lowest BCUT2D eigenvalue weighted by Crippen LogP contribution is -2.61. The first-order valence-corrected chi connectivity index (χ1v) is 20.6. The van der Waals surface area contributed by atoms with Gasteiger partial charge < -0.3 is 64.2 Å². The quantitative estimate of drug-likeness (QED) is 0.0411. The molecule has 7 N–H and O–H groups in total. The van der Waals surface area contributed by atoms with E-state index < -0.39 is 92.7 Å². The van der Waals surface area contributed by atoms with Gasteiger partial charge in [0, 0.05) is 12.8 Å². The summed E-state index contributed by atoms with van der Waals surface area (Å²) in [6.07, 6.45) is 5.73. The van der Waals surface area contributed by atoms with Crippen molar-refractivity contribution in [3.05, 3.63) is 0 Å². The molecule has 2 aliphatic heterocycles. The van der Waals surface area contributed by atoms with Gasteiger partial charge in [0.05, 0.1) is 19.8 Å². The second kappa shape index (κ2) is 28.8. The average molecular weight is 781 g/mol. The Morgan fingerprint density at radius 1 is 0.537 bits per heavy atom. The summed E-state index contributed by atoms with van der Waals surface area (Å²) < 4.78 is 32.7. The SMILES string of the molecule is CCCCCCCCCCCCCCCCCCCCC(=O)OC(COC(=O)CC)COC1OC(COC2OC(CO)C(O)C(O)C2O)C(O)C(O)C1O. The molecule has 2 aliphatic rings. The minimum Gasteiger partial charge on any atom is -0.462 e. The molecule has 2 rings (SSSR count). The van der Waals surface area contributed by atoms with Crippen molar-refractivity contribution in [3.8, 4) is 0 Å². The summed E-state index contributed by atoms with van der Waals surface area (Å²) in [7, 11) is 0. The summed E-state index contributed by atoms with van der Waals surface area (Å²) >= 11 is 0. The molecule has 0 spiro atoms. The van der Waals surface area contributed by atoms with Gasteiger partial charge in [-0.05, 0) is 6.42 Å². The smallest absolute Gasteiger partial charge is 0.306 e. The van der Waals surface area contributed by atoms with Crippen molar-refractivity contribution in [2.75, 3.05) is 26.4 Å². The van der Waals surface area contributed by atoms with E-state index >= 15 is 0 Å². The molecule has 0 saturated carbocycles. The predicted molar refractivity (Wildman–Crippen MR) is 197 cm³/mol. The number of aliphatic hydroxyl groups is 7. The fourth-order valence-corrected chi connectivity index (χ4v) is 6.61. The molecule has 0 aliphatic carbocycles. The standard InChI is InChI=1S/C39H72O15/c1-3-5-6-7-8-9-10-11-12-13-14-15-16-17-18-19-20-21-22-31(42)52-27(24-49-30(41)4-2)25-50-38-37(48)35(46)33(44)29(54-38)26-51-39-36(47)34(45)32(43)28(23-40)53-39/h27-29,32-40,43-48H,3-26H2,1-2H3. The van der Waals surface area contributed by atoms with Crippen molar-refractivity contribution in [1.82, 2.24) is 0 Å². The molecule has 0 radical (unpaired) electrons. The van der Waals surface area contributed by atoms with Crippen molar-refractivity contribution in [2.45, 2.75) is 210 Å². The molecule has 0 aromatic rings. The van der Waals surface area contributed by atoms with Gasteiger partial charge in [-0.1, -0.05) is 123 Å². The van der Waals surface area contributed by atoms with Gasteiger partial charge in [-0.25, -0.2) is 0 Å². The summed E-state index contributed by atoms with van der Waals surface area (Å²) in [5.41, 5.74) is 0. The van der Waals surface area contributed by atoms with Gasteiger partial charge in [-0.3, -0.25) is 9.59 Å². The van der Waals surface area contributed by atoms with Crippen molar-refractivity contribution < 1.29 is 73.8 Å². The maximum Gasteiger partial charge on any atom is 0.306 e. The van der Waals surface area contributed by atoms with E-state index in [0.29, 0.717) is 6.42 Å². The number of aliphatic hydroxyl groups excluding tert-OH is 7. The van der Waals surface area contributed by atoms with Gasteiger partial charge in [0.25, 0.3) is 0 Å². The summed E-state index contributed by atoms with van der Waals surface area (Å²) in [5.74, 6) is -1.02. The van der Waals surface area contributed by atoms with Crippen molar-refractivity contribution in [2.24, 2.45) is 0 Å². The first-order chi connectivity index (χ1) is 26.0. The minimum absolute atomic E-state index is 0.103. The van der Waals surface area contributed by atoms with Crippen LogP contribution in [0.15, 0.2) is 0 Å². The van der Waals surface area contributed by atoms with E-state index in [4.69, 9.17) is 28.4 Å². The first-order valence-electron chi connectivity index (χ1n) is 20.6. The van der Waals surface area contributed by atoms with Crippen LogP contribution in [0.3, 0.4) is 0 Å². The molecule has 0 amide bonds. The maximum absolute atomic E-state index is 12.7. The third-order valence-corrected chi connectivity index (χ3v) is 10.1. The monoisotopic (exact) mass is 780 g/mol. The van der Waals surface area contributed by atoms with E-state index in [9.17, 15) is 45.3 Å². The molecule has 2 heterocycles. The molecular formula is C39H72O15. The zero-order valence-electron chi connectivity index (χ0n) is 32.7.